The Hall–Kier alpha value is -4.17. The molecule has 0 radical (unpaired) electrons. The first-order valence-electron chi connectivity index (χ1n) is 14.2. The molecule has 1 saturated carbocycles. The van der Waals surface area contributed by atoms with E-state index in [1.807, 2.05) is 47.3 Å². The summed E-state index contributed by atoms with van der Waals surface area (Å²) in [6.45, 7) is 5.36. The van der Waals surface area contributed by atoms with Crippen molar-refractivity contribution >= 4 is 10.9 Å². The largest absolute Gasteiger partial charge is 0.322 e. The third-order valence-corrected chi connectivity index (χ3v) is 8.17. The van der Waals surface area contributed by atoms with Crippen molar-refractivity contribution in [3.05, 3.63) is 117 Å². The molecule has 0 spiro atoms. The average Bonchev–Trinajstić information content (AvgIpc) is 3.46. The third kappa shape index (κ3) is 5.45. The standard InChI is InChI=1S/C32H35N7O/c1-22-16-26-18-28(32(40)34-29(26)17-23(22)2)30(31-35-36-37-39(31)27-13-7-4-8-14-27)38(20-24-10-5-3-6-11-24)21-25-12-9-15-33-19-25/h3,5-6,9-12,15-19,27,30H,4,7-8,13-14,20-21H2,1-2H3,(H,34,40). The quantitative estimate of drug-likeness (QED) is 0.270. The molecule has 8 heteroatoms. The normalized spacial score (nSPS) is 15.1. The number of rotatable bonds is 8. The van der Waals surface area contributed by atoms with E-state index in [2.05, 4.69) is 68.5 Å². The highest BCUT2D eigenvalue weighted by molar-refractivity contribution is 5.81. The van der Waals surface area contributed by atoms with E-state index in [9.17, 15) is 4.79 Å². The van der Waals surface area contributed by atoms with Crippen LogP contribution < -0.4 is 5.56 Å². The molecule has 0 bridgehead atoms. The van der Waals surface area contributed by atoms with Crippen LogP contribution in [0.4, 0.5) is 0 Å². The number of aromatic amines is 1. The molecule has 1 N–H and O–H groups in total. The maximum absolute atomic E-state index is 13.9. The Labute approximate surface area is 234 Å². The fourth-order valence-electron chi connectivity index (χ4n) is 5.94. The molecular formula is C32H35N7O. The Morgan fingerprint density at radius 1 is 0.950 bits per heavy atom. The molecule has 3 heterocycles. The fraction of sp³-hybridized carbons (Fsp3) is 0.344. The molecule has 1 atom stereocenters. The van der Waals surface area contributed by atoms with Gasteiger partial charge < -0.3 is 4.98 Å². The molecule has 1 aliphatic carbocycles. The van der Waals surface area contributed by atoms with E-state index in [1.54, 1.807) is 6.20 Å². The van der Waals surface area contributed by atoms with Crippen LogP contribution in [0.15, 0.2) is 77.9 Å². The minimum absolute atomic E-state index is 0.122. The van der Waals surface area contributed by atoms with E-state index in [1.165, 1.54) is 12.0 Å². The predicted octanol–water partition coefficient (Wildman–Crippen LogP) is 5.82. The van der Waals surface area contributed by atoms with Crippen molar-refractivity contribution < 1.29 is 0 Å². The monoisotopic (exact) mass is 533 g/mol. The lowest BCUT2D eigenvalue weighted by atomic mass is 9.94. The van der Waals surface area contributed by atoms with Gasteiger partial charge in [-0.2, -0.15) is 0 Å². The number of nitrogens with one attached hydrogen (secondary N) is 1. The van der Waals surface area contributed by atoms with Gasteiger partial charge in [0, 0.05) is 36.6 Å². The lowest BCUT2D eigenvalue weighted by Gasteiger charge is -2.32. The molecule has 0 amide bonds. The molecule has 2 aromatic carbocycles. The Kier molecular flexibility index (Phi) is 7.51. The van der Waals surface area contributed by atoms with Gasteiger partial charge in [0.25, 0.3) is 5.56 Å². The molecule has 0 aliphatic heterocycles. The number of hydrogen-bond acceptors (Lipinski definition) is 6. The van der Waals surface area contributed by atoms with E-state index < -0.39 is 6.04 Å². The number of H-pyrrole nitrogens is 1. The van der Waals surface area contributed by atoms with Crippen molar-refractivity contribution in [2.75, 3.05) is 0 Å². The molecule has 5 aromatic rings. The van der Waals surface area contributed by atoms with E-state index in [-0.39, 0.29) is 11.6 Å². The highest BCUT2D eigenvalue weighted by Gasteiger charge is 2.33. The van der Waals surface area contributed by atoms with Gasteiger partial charge in [-0.3, -0.25) is 14.7 Å². The number of hydrogen-bond donors (Lipinski definition) is 1. The second-order valence-electron chi connectivity index (χ2n) is 11.0. The maximum atomic E-state index is 13.9. The van der Waals surface area contributed by atoms with Gasteiger partial charge in [-0.1, -0.05) is 55.7 Å². The van der Waals surface area contributed by atoms with Gasteiger partial charge in [0.05, 0.1) is 6.04 Å². The molecule has 1 aliphatic rings. The minimum atomic E-state index is -0.466. The van der Waals surface area contributed by atoms with Crippen molar-refractivity contribution in [2.24, 2.45) is 0 Å². The average molecular weight is 534 g/mol. The molecular weight excluding hydrogens is 498 g/mol. The topological polar surface area (TPSA) is 92.6 Å². The van der Waals surface area contributed by atoms with Crippen LogP contribution in [0.1, 0.15) is 77.8 Å². The van der Waals surface area contributed by atoms with E-state index >= 15 is 0 Å². The number of benzene rings is 2. The van der Waals surface area contributed by atoms with Crippen LogP contribution in [0.2, 0.25) is 0 Å². The Bertz CT molecular complexity index is 1600. The minimum Gasteiger partial charge on any atom is -0.322 e. The van der Waals surface area contributed by atoms with Gasteiger partial charge >= 0.3 is 0 Å². The van der Waals surface area contributed by atoms with Crippen LogP contribution in [0.5, 0.6) is 0 Å². The van der Waals surface area contributed by atoms with Gasteiger partial charge in [-0.05, 0) is 89.0 Å². The SMILES string of the molecule is Cc1cc2cc(C(c3nnnn3C3CCCCC3)N(Cc3ccccc3)Cc3cccnc3)c(=O)[nH]c2cc1C. The van der Waals surface area contributed by atoms with Crippen LogP contribution in [-0.4, -0.2) is 35.1 Å². The van der Waals surface area contributed by atoms with Crippen LogP contribution in [0.3, 0.4) is 0 Å². The number of aryl methyl sites for hydroxylation is 2. The highest BCUT2D eigenvalue weighted by atomic mass is 16.1. The number of aromatic nitrogens is 6. The molecule has 40 heavy (non-hydrogen) atoms. The Morgan fingerprint density at radius 3 is 2.48 bits per heavy atom. The zero-order valence-corrected chi connectivity index (χ0v) is 23.1. The summed E-state index contributed by atoms with van der Waals surface area (Å²) < 4.78 is 2.00. The molecule has 3 aromatic heterocycles. The van der Waals surface area contributed by atoms with Crippen molar-refractivity contribution in [3.63, 3.8) is 0 Å². The summed E-state index contributed by atoms with van der Waals surface area (Å²) in [6.07, 6.45) is 9.31. The van der Waals surface area contributed by atoms with Crippen LogP contribution in [-0.2, 0) is 13.1 Å². The second kappa shape index (κ2) is 11.5. The number of fused-ring (bicyclic) bond motifs is 1. The van der Waals surface area contributed by atoms with Crippen LogP contribution in [0, 0.1) is 13.8 Å². The molecule has 0 saturated heterocycles. The first-order valence-corrected chi connectivity index (χ1v) is 14.2. The van der Waals surface area contributed by atoms with Gasteiger partial charge in [0.2, 0.25) is 0 Å². The zero-order chi connectivity index (χ0) is 27.5. The molecule has 8 nitrogen and oxygen atoms in total. The van der Waals surface area contributed by atoms with Crippen molar-refractivity contribution in [1.29, 1.82) is 0 Å². The molecule has 204 valence electrons. The van der Waals surface area contributed by atoms with E-state index in [0.717, 1.165) is 53.3 Å². The van der Waals surface area contributed by atoms with Gasteiger partial charge in [-0.25, -0.2) is 4.68 Å². The zero-order valence-electron chi connectivity index (χ0n) is 23.1. The van der Waals surface area contributed by atoms with E-state index in [4.69, 9.17) is 0 Å². The lowest BCUT2D eigenvalue weighted by molar-refractivity contribution is 0.186. The summed E-state index contributed by atoms with van der Waals surface area (Å²) in [5.41, 5.74) is 5.90. The predicted molar refractivity (Wildman–Crippen MR) is 156 cm³/mol. The Morgan fingerprint density at radius 2 is 1.70 bits per heavy atom. The first kappa shape index (κ1) is 26.1. The molecule has 1 unspecified atom stereocenters. The van der Waals surface area contributed by atoms with Gasteiger partial charge in [0.15, 0.2) is 5.82 Å². The summed E-state index contributed by atoms with van der Waals surface area (Å²) in [4.78, 5) is 23.7. The third-order valence-electron chi connectivity index (χ3n) is 8.17. The Balaban J connectivity index is 1.54. The molecule has 6 rings (SSSR count). The lowest BCUT2D eigenvalue weighted by Crippen LogP contribution is -2.35. The van der Waals surface area contributed by atoms with Gasteiger partial charge in [0.1, 0.15) is 6.04 Å². The van der Waals surface area contributed by atoms with Crippen LogP contribution >= 0.6 is 0 Å². The number of nitrogens with zero attached hydrogens (tertiary/aromatic N) is 6. The summed E-state index contributed by atoms with van der Waals surface area (Å²) in [6, 6.07) is 20.4. The van der Waals surface area contributed by atoms with Crippen LogP contribution in [0.25, 0.3) is 10.9 Å². The summed E-state index contributed by atoms with van der Waals surface area (Å²) in [7, 11) is 0. The fourth-order valence-corrected chi connectivity index (χ4v) is 5.94. The van der Waals surface area contributed by atoms with Crippen molar-refractivity contribution in [1.82, 2.24) is 35.1 Å². The van der Waals surface area contributed by atoms with Gasteiger partial charge in [-0.15, -0.1) is 5.10 Å². The van der Waals surface area contributed by atoms with Crippen molar-refractivity contribution in [3.8, 4) is 0 Å². The first-order chi connectivity index (χ1) is 19.6. The number of tetrazole rings is 1. The molecule has 1 fully saturated rings. The van der Waals surface area contributed by atoms with E-state index in [0.29, 0.717) is 24.5 Å². The summed E-state index contributed by atoms with van der Waals surface area (Å²) in [5, 5.41) is 14.3. The summed E-state index contributed by atoms with van der Waals surface area (Å²) in [5.74, 6) is 0.709. The number of pyridine rings is 2. The maximum Gasteiger partial charge on any atom is 0.253 e. The van der Waals surface area contributed by atoms with Crippen molar-refractivity contribution in [2.45, 2.75) is 71.1 Å². The highest BCUT2D eigenvalue weighted by Crippen LogP contribution is 2.34. The smallest absolute Gasteiger partial charge is 0.253 e. The summed E-state index contributed by atoms with van der Waals surface area (Å²) >= 11 is 0. The second-order valence-corrected chi connectivity index (χ2v) is 11.0.